The molecule has 0 spiro atoms. The highest BCUT2D eigenvalue weighted by molar-refractivity contribution is 14.0. The topological polar surface area (TPSA) is 50.4 Å². The second-order valence-corrected chi connectivity index (χ2v) is 5.69. The molecule has 0 radical (unpaired) electrons. The Labute approximate surface area is 122 Å². The summed E-state index contributed by atoms with van der Waals surface area (Å²) in [6, 6.07) is 0. The Bertz CT molecular complexity index is 251. The van der Waals surface area contributed by atoms with Crippen molar-refractivity contribution in [2.75, 3.05) is 13.1 Å². The van der Waals surface area contributed by atoms with Crippen LogP contribution < -0.4 is 11.1 Å². The van der Waals surface area contributed by atoms with Crippen molar-refractivity contribution in [1.29, 1.82) is 0 Å². The van der Waals surface area contributed by atoms with Crippen molar-refractivity contribution in [3.05, 3.63) is 0 Å². The molecule has 3 nitrogen and oxygen atoms in total. The summed E-state index contributed by atoms with van der Waals surface area (Å²) in [7, 11) is 0. The van der Waals surface area contributed by atoms with Crippen LogP contribution in [0.25, 0.3) is 0 Å². The minimum Gasteiger partial charge on any atom is -0.370 e. The second kappa shape index (κ2) is 7.44. The van der Waals surface area contributed by atoms with E-state index in [0.717, 1.165) is 30.8 Å². The lowest BCUT2D eigenvalue weighted by Crippen LogP contribution is -2.37. The van der Waals surface area contributed by atoms with Gasteiger partial charge < -0.3 is 11.1 Å². The summed E-state index contributed by atoms with van der Waals surface area (Å²) >= 11 is 0. The molecule has 100 valence electrons. The molecule has 2 atom stereocenters. The molecule has 0 aromatic rings. The van der Waals surface area contributed by atoms with Crippen LogP contribution in [0.1, 0.15) is 45.4 Å². The molecule has 0 heterocycles. The average molecular weight is 351 g/mol. The highest BCUT2D eigenvalue weighted by Gasteiger charge is 2.21. The number of nitrogens with two attached hydrogens (primary N) is 1. The highest BCUT2D eigenvalue weighted by atomic mass is 127. The largest absolute Gasteiger partial charge is 0.370 e. The van der Waals surface area contributed by atoms with Gasteiger partial charge >= 0.3 is 0 Å². The molecule has 2 rings (SSSR count). The third-order valence-corrected chi connectivity index (χ3v) is 4.12. The molecule has 2 aliphatic carbocycles. The van der Waals surface area contributed by atoms with E-state index in [4.69, 9.17) is 5.73 Å². The first-order valence-corrected chi connectivity index (χ1v) is 6.78. The van der Waals surface area contributed by atoms with Crippen molar-refractivity contribution < 1.29 is 0 Å². The SMILES string of the molecule is CC1CCC(CN=C(N)NCC2CCC2)C1.I. The molecule has 0 saturated heterocycles. The van der Waals surface area contributed by atoms with E-state index < -0.39 is 0 Å². The van der Waals surface area contributed by atoms with Crippen LogP contribution in [0.5, 0.6) is 0 Å². The Hall–Kier alpha value is 0. The maximum absolute atomic E-state index is 5.85. The van der Waals surface area contributed by atoms with Gasteiger partial charge in [0.2, 0.25) is 0 Å². The third kappa shape index (κ3) is 5.02. The Morgan fingerprint density at radius 2 is 2.00 bits per heavy atom. The van der Waals surface area contributed by atoms with E-state index >= 15 is 0 Å². The van der Waals surface area contributed by atoms with Gasteiger partial charge in [-0.05, 0) is 43.4 Å². The predicted octanol–water partition coefficient (Wildman–Crippen LogP) is 2.75. The molecule has 2 saturated carbocycles. The van der Waals surface area contributed by atoms with Gasteiger partial charge in [-0.3, -0.25) is 4.99 Å². The maximum atomic E-state index is 5.85. The first kappa shape index (κ1) is 15.1. The van der Waals surface area contributed by atoms with Crippen LogP contribution in [0, 0.1) is 17.8 Å². The monoisotopic (exact) mass is 351 g/mol. The fourth-order valence-electron chi connectivity index (χ4n) is 2.72. The molecule has 2 fully saturated rings. The second-order valence-electron chi connectivity index (χ2n) is 5.69. The van der Waals surface area contributed by atoms with Crippen LogP contribution >= 0.6 is 24.0 Å². The van der Waals surface area contributed by atoms with Gasteiger partial charge in [-0.25, -0.2) is 0 Å². The van der Waals surface area contributed by atoms with Crippen LogP contribution in [-0.2, 0) is 0 Å². The minimum atomic E-state index is 0. The zero-order valence-corrected chi connectivity index (χ0v) is 13.2. The summed E-state index contributed by atoms with van der Waals surface area (Å²) in [5, 5.41) is 3.25. The number of hydrogen-bond donors (Lipinski definition) is 2. The third-order valence-electron chi connectivity index (χ3n) is 4.12. The van der Waals surface area contributed by atoms with E-state index in [1.807, 2.05) is 0 Å². The van der Waals surface area contributed by atoms with Gasteiger partial charge in [0.15, 0.2) is 5.96 Å². The Kier molecular flexibility index (Phi) is 6.59. The fraction of sp³-hybridized carbons (Fsp3) is 0.923. The normalized spacial score (nSPS) is 29.6. The van der Waals surface area contributed by atoms with Crippen LogP contribution in [0.2, 0.25) is 0 Å². The van der Waals surface area contributed by atoms with Gasteiger partial charge in [-0.2, -0.15) is 0 Å². The average Bonchev–Trinajstić information content (AvgIpc) is 2.59. The molecule has 3 N–H and O–H groups in total. The summed E-state index contributed by atoms with van der Waals surface area (Å²) in [6.45, 7) is 4.28. The summed E-state index contributed by atoms with van der Waals surface area (Å²) in [4.78, 5) is 4.45. The van der Waals surface area contributed by atoms with Crippen molar-refractivity contribution in [3.8, 4) is 0 Å². The van der Waals surface area contributed by atoms with Crippen LogP contribution in [0.3, 0.4) is 0 Å². The minimum absolute atomic E-state index is 0. The van der Waals surface area contributed by atoms with Crippen LogP contribution in [0.15, 0.2) is 4.99 Å². The first-order chi connectivity index (χ1) is 7.74. The van der Waals surface area contributed by atoms with Crippen molar-refractivity contribution in [1.82, 2.24) is 5.32 Å². The molecule has 17 heavy (non-hydrogen) atoms. The van der Waals surface area contributed by atoms with Crippen molar-refractivity contribution in [3.63, 3.8) is 0 Å². The Morgan fingerprint density at radius 1 is 1.24 bits per heavy atom. The quantitative estimate of drug-likeness (QED) is 0.465. The van der Waals surface area contributed by atoms with E-state index in [9.17, 15) is 0 Å². The molecular formula is C13H26IN3. The molecule has 0 bridgehead atoms. The lowest BCUT2D eigenvalue weighted by molar-refractivity contribution is 0.315. The van der Waals surface area contributed by atoms with Crippen LogP contribution in [-0.4, -0.2) is 19.0 Å². The molecule has 2 aliphatic rings. The van der Waals surface area contributed by atoms with E-state index in [-0.39, 0.29) is 24.0 Å². The fourth-order valence-corrected chi connectivity index (χ4v) is 2.72. The zero-order chi connectivity index (χ0) is 11.4. The lowest BCUT2D eigenvalue weighted by Gasteiger charge is -2.25. The standard InChI is InChI=1S/C13H25N3.HI/c1-10-5-6-12(7-10)9-16-13(14)15-8-11-3-2-4-11;/h10-12H,2-9H2,1H3,(H3,14,15,16);1H. The van der Waals surface area contributed by atoms with Gasteiger partial charge in [0.05, 0.1) is 0 Å². The molecular weight excluding hydrogens is 325 g/mol. The number of guanidine groups is 1. The summed E-state index contributed by atoms with van der Waals surface area (Å²) in [6.07, 6.45) is 8.15. The predicted molar refractivity (Wildman–Crippen MR) is 83.8 cm³/mol. The summed E-state index contributed by atoms with van der Waals surface area (Å²) < 4.78 is 0. The summed E-state index contributed by atoms with van der Waals surface area (Å²) in [5.41, 5.74) is 5.85. The molecule has 0 aromatic carbocycles. The Balaban J connectivity index is 0.00000144. The number of rotatable bonds is 4. The molecule has 0 aromatic heterocycles. The van der Waals surface area contributed by atoms with Gasteiger partial charge in [-0.15, -0.1) is 24.0 Å². The van der Waals surface area contributed by atoms with Gasteiger partial charge in [-0.1, -0.05) is 19.8 Å². The highest BCUT2D eigenvalue weighted by Crippen LogP contribution is 2.30. The number of aliphatic imine (C=N–C) groups is 1. The van der Waals surface area contributed by atoms with Gasteiger partial charge in [0.25, 0.3) is 0 Å². The Morgan fingerprint density at radius 3 is 2.53 bits per heavy atom. The number of halogens is 1. The number of nitrogens with one attached hydrogen (secondary N) is 1. The van der Waals surface area contributed by atoms with E-state index in [1.54, 1.807) is 0 Å². The maximum Gasteiger partial charge on any atom is 0.188 e. The number of hydrogen-bond acceptors (Lipinski definition) is 1. The zero-order valence-electron chi connectivity index (χ0n) is 10.8. The molecule has 2 unspecified atom stereocenters. The molecule has 0 aliphatic heterocycles. The van der Waals surface area contributed by atoms with Crippen molar-refractivity contribution in [2.45, 2.75) is 45.4 Å². The van der Waals surface area contributed by atoms with Crippen molar-refractivity contribution >= 4 is 29.9 Å². The van der Waals surface area contributed by atoms with Crippen LogP contribution in [0.4, 0.5) is 0 Å². The first-order valence-electron chi connectivity index (χ1n) is 6.78. The lowest BCUT2D eigenvalue weighted by atomic mass is 9.85. The van der Waals surface area contributed by atoms with E-state index in [2.05, 4.69) is 17.2 Å². The smallest absolute Gasteiger partial charge is 0.188 e. The van der Waals surface area contributed by atoms with Gasteiger partial charge in [0.1, 0.15) is 0 Å². The number of nitrogens with zero attached hydrogens (tertiary/aromatic N) is 1. The van der Waals surface area contributed by atoms with Gasteiger partial charge in [0, 0.05) is 13.1 Å². The summed E-state index contributed by atoms with van der Waals surface area (Å²) in [5.74, 6) is 3.18. The van der Waals surface area contributed by atoms with Crippen molar-refractivity contribution in [2.24, 2.45) is 28.5 Å². The van der Waals surface area contributed by atoms with E-state index in [0.29, 0.717) is 5.96 Å². The van der Waals surface area contributed by atoms with E-state index in [1.165, 1.54) is 38.5 Å². The molecule has 0 amide bonds. The molecule has 4 heteroatoms.